The first-order valence-corrected chi connectivity index (χ1v) is 9.82. The average molecular weight is 397 g/mol. The molecule has 3 atom stereocenters. The van der Waals surface area contributed by atoms with Gasteiger partial charge in [0.25, 0.3) is 0 Å². The van der Waals surface area contributed by atoms with E-state index in [0.29, 0.717) is 12.3 Å². The van der Waals surface area contributed by atoms with E-state index in [1.807, 2.05) is 30.3 Å². The standard InChI is InChI=1S/C21H24FN5O2/c1-29-17-8-18-19(24-10-17)3-2-4-20(18)25-15-5-6-26(12-15)13-21(28)27-11-14(22)7-16(27)9-23/h2-4,8,10,14-16,25H,5-7,11-13H2,1H3/t14-,15-,16?/m0/s1. The Labute approximate surface area is 169 Å². The average Bonchev–Trinajstić information content (AvgIpc) is 3.33. The van der Waals surface area contributed by atoms with Crippen LogP contribution < -0.4 is 10.1 Å². The lowest BCUT2D eigenvalue weighted by Gasteiger charge is -2.23. The number of fused-ring (bicyclic) bond motifs is 1. The van der Waals surface area contributed by atoms with Crippen LogP contribution in [0.1, 0.15) is 12.8 Å². The summed E-state index contributed by atoms with van der Waals surface area (Å²) in [7, 11) is 1.62. The van der Waals surface area contributed by atoms with Crippen molar-refractivity contribution < 1.29 is 13.9 Å². The Hall–Kier alpha value is -2.92. The van der Waals surface area contributed by atoms with Crippen LogP contribution in [0, 0.1) is 11.3 Å². The fourth-order valence-corrected chi connectivity index (χ4v) is 4.15. The Kier molecular flexibility index (Phi) is 5.49. The van der Waals surface area contributed by atoms with Gasteiger partial charge in [-0.25, -0.2) is 4.39 Å². The van der Waals surface area contributed by atoms with Gasteiger partial charge in [-0.2, -0.15) is 5.26 Å². The van der Waals surface area contributed by atoms with Gasteiger partial charge < -0.3 is 15.0 Å². The molecule has 0 saturated carbocycles. The number of hydrogen-bond acceptors (Lipinski definition) is 6. The summed E-state index contributed by atoms with van der Waals surface area (Å²) in [5, 5.41) is 13.7. The monoisotopic (exact) mass is 397 g/mol. The van der Waals surface area contributed by atoms with E-state index >= 15 is 0 Å². The highest BCUT2D eigenvalue weighted by atomic mass is 19.1. The number of methoxy groups -OCH3 is 1. The highest BCUT2D eigenvalue weighted by Crippen LogP contribution is 2.27. The van der Waals surface area contributed by atoms with Gasteiger partial charge >= 0.3 is 0 Å². The molecule has 2 aliphatic rings. The number of nitrogens with one attached hydrogen (secondary N) is 1. The molecule has 1 amide bonds. The summed E-state index contributed by atoms with van der Waals surface area (Å²) in [6.07, 6.45) is 1.61. The Balaban J connectivity index is 1.39. The zero-order valence-corrected chi connectivity index (χ0v) is 16.3. The first-order valence-electron chi connectivity index (χ1n) is 9.82. The molecule has 0 bridgehead atoms. The van der Waals surface area contributed by atoms with Crippen LogP contribution >= 0.6 is 0 Å². The van der Waals surface area contributed by atoms with Crippen molar-refractivity contribution in [2.75, 3.05) is 38.6 Å². The summed E-state index contributed by atoms with van der Waals surface area (Å²) in [4.78, 5) is 20.4. The molecule has 8 heteroatoms. The molecule has 4 rings (SSSR count). The van der Waals surface area contributed by atoms with E-state index in [-0.39, 0.29) is 31.5 Å². The van der Waals surface area contributed by atoms with Crippen molar-refractivity contribution in [3.05, 3.63) is 30.5 Å². The SMILES string of the molecule is COc1cnc2cccc(N[C@H]3CCN(CC(=O)N4C[C@@H](F)CC4C#N)C3)c2c1. The zero-order chi connectivity index (χ0) is 20.4. The first kappa shape index (κ1) is 19.4. The molecule has 3 heterocycles. The van der Waals surface area contributed by atoms with Crippen LogP contribution in [-0.2, 0) is 4.79 Å². The second-order valence-corrected chi connectivity index (χ2v) is 7.64. The molecule has 2 aromatic rings. The molecular weight excluding hydrogens is 373 g/mol. The number of carbonyl (C=O) groups excluding carboxylic acids is 1. The third kappa shape index (κ3) is 4.10. The Bertz CT molecular complexity index is 946. The van der Waals surface area contributed by atoms with Gasteiger partial charge in [0.2, 0.25) is 5.91 Å². The molecule has 0 spiro atoms. The summed E-state index contributed by atoms with van der Waals surface area (Å²) >= 11 is 0. The maximum atomic E-state index is 13.6. The number of pyridine rings is 1. The van der Waals surface area contributed by atoms with E-state index in [1.54, 1.807) is 13.3 Å². The van der Waals surface area contributed by atoms with Gasteiger partial charge in [-0.1, -0.05) is 6.07 Å². The minimum atomic E-state index is -1.10. The lowest BCUT2D eigenvalue weighted by molar-refractivity contribution is -0.132. The van der Waals surface area contributed by atoms with Crippen molar-refractivity contribution in [3.8, 4) is 11.8 Å². The van der Waals surface area contributed by atoms with Gasteiger partial charge in [-0.3, -0.25) is 14.7 Å². The number of ether oxygens (including phenoxy) is 1. The molecule has 0 radical (unpaired) electrons. The van der Waals surface area contributed by atoms with Crippen molar-refractivity contribution in [2.24, 2.45) is 0 Å². The van der Waals surface area contributed by atoms with E-state index in [9.17, 15) is 9.18 Å². The first-order chi connectivity index (χ1) is 14.1. The number of rotatable bonds is 5. The van der Waals surface area contributed by atoms with E-state index < -0.39 is 12.2 Å². The van der Waals surface area contributed by atoms with Gasteiger partial charge in [0, 0.05) is 36.6 Å². The van der Waals surface area contributed by atoms with Crippen molar-refractivity contribution in [2.45, 2.75) is 31.1 Å². The van der Waals surface area contributed by atoms with E-state index in [0.717, 1.165) is 29.6 Å². The molecular formula is C21H24FN5O2. The summed E-state index contributed by atoms with van der Waals surface area (Å²) in [6.45, 7) is 1.73. The number of aromatic nitrogens is 1. The van der Waals surface area contributed by atoms with Gasteiger partial charge in [-0.15, -0.1) is 0 Å². The highest BCUT2D eigenvalue weighted by Gasteiger charge is 2.36. The van der Waals surface area contributed by atoms with Gasteiger partial charge in [0.1, 0.15) is 18.0 Å². The lowest BCUT2D eigenvalue weighted by Crippen LogP contribution is -2.42. The predicted octanol–water partition coefficient (Wildman–Crippen LogP) is 2.19. The number of likely N-dealkylation sites (tertiary alicyclic amines) is 2. The molecule has 0 aliphatic carbocycles. The number of hydrogen-bond donors (Lipinski definition) is 1. The fourth-order valence-electron chi connectivity index (χ4n) is 4.15. The largest absolute Gasteiger partial charge is 0.495 e. The molecule has 29 heavy (non-hydrogen) atoms. The molecule has 1 aromatic carbocycles. The van der Waals surface area contributed by atoms with Crippen molar-refractivity contribution in [3.63, 3.8) is 0 Å². The number of nitrogens with zero attached hydrogens (tertiary/aromatic N) is 4. The normalized spacial score (nSPS) is 24.6. The van der Waals surface area contributed by atoms with Crippen LogP contribution in [0.25, 0.3) is 10.9 Å². The van der Waals surface area contributed by atoms with Crippen molar-refractivity contribution in [1.29, 1.82) is 5.26 Å². The molecule has 2 aliphatic heterocycles. The van der Waals surface area contributed by atoms with Crippen LogP contribution in [0.4, 0.5) is 10.1 Å². The summed E-state index contributed by atoms with van der Waals surface area (Å²) in [5.41, 5.74) is 1.87. The molecule has 2 saturated heterocycles. The molecule has 7 nitrogen and oxygen atoms in total. The van der Waals surface area contributed by atoms with Gasteiger partial charge in [0.05, 0.1) is 38.0 Å². The quantitative estimate of drug-likeness (QED) is 0.833. The van der Waals surface area contributed by atoms with Crippen LogP contribution in [0.2, 0.25) is 0 Å². The van der Waals surface area contributed by atoms with Crippen LogP contribution in [-0.4, -0.2) is 72.2 Å². The Morgan fingerprint density at radius 1 is 1.45 bits per heavy atom. The number of anilines is 1. The molecule has 1 aromatic heterocycles. The molecule has 2 fully saturated rings. The van der Waals surface area contributed by atoms with Crippen LogP contribution in [0.5, 0.6) is 5.75 Å². The van der Waals surface area contributed by atoms with Crippen molar-refractivity contribution >= 4 is 22.5 Å². The number of alkyl halides is 1. The topological polar surface area (TPSA) is 81.5 Å². The zero-order valence-electron chi connectivity index (χ0n) is 16.3. The predicted molar refractivity (Wildman–Crippen MR) is 107 cm³/mol. The number of carbonyl (C=O) groups is 1. The summed E-state index contributed by atoms with van der Waals surface area (Å²) in [6, 6.07) is 9.48. The molecule has 1 N–H and O–H groups in total. The van der Waals surface area contributed by atoms with E-state index in [4.69, 9.17) is 10.00 Å². The summed E-state index contributed by atoms with van der Waals surface area (Å²) < 4.78 is 18.9. The van der Waals surface area contributed by atoms with Crippen molar-refractivity contribution in [1.82, 2.24) is 14.8 Å². The van der Waals surface area contributed by atoms with Crippen LogP contribution in [0.3, 0.4) is 0 Å². The molecule has 152 valence electrons. The fraction of sp³-hybridized carbons (Fsp3) is 0.476. The third-order valence-electron chi connectivity index (χ3n) is 5.65. The minimum absolute atomic E-state index is 0.0252. The molecule has 1 unspecified atom stereocenters. The third-order valence-corrected chi connectivity index (χ3v) is 5.65. The van der Waals surface area contributed by atoms with Gasteiger partial charge in [-0.05, 0) is 24.6 Å². The van der Waals surface area contributed by atoms with Gasteiger partial charge in [0.15, 0.2) is 0 Å². The second-order valence-electron chi connectivity index (χ2n) is 7.64. The maximum absolute atomic E-state index is 13.6. The Morgan fingerprint density at radius 2 is 2.31 bits per heavy atom. The second kappa shape index (κ2) is 8.21. The number of amides is 1. The highest BCUT2D eigenvalue weighted by molar-refractivity contribution is 5.92. The minimum Gasteiger partial charge on any atom is -0.495 e. The maximum Gasteiger partial charge on any atom is 0.237 e. The van der Waals surface area contributed by atoms with E-state index in [1.165, 1.54) is 4.90 Å². The Morgan fingerprint density at radius 3 is 3.10 bits per heavy atom. The van der Waals surface area contributed by atoms with E-state index in [2.05, 4.69) is 15.2 Å². The lowest BCUT2D eigenvalue weighted by atomic mass is 10.1. The number of nitriles is 1. The van der Waals surface area contributed by atoms with Crippen LogP contribution in [0.15, 0.2) is 30.5 Å². The number of benzene rings is 1. The summed E-state index contributed by atoms with van der Waals surface area (Å²) in [5.74, 6) is 0.533. The smallest absolute Gasteiger partial charge is 0.237 e. The number of halogens is 1.